The zero-order valence-corrected chi connectivity index (χ0v) is 10.9. The molecule has 0 bridgehead atoms. The van der Waals surface area contributed by atoms with Gasteiger partial charge in [0.1, 0.15) is 11.6 Å². The highest BCUT2D eigenvalue weighted by Crippen LogP contribution is 2.22. The van der Waals surface area contributed by atoms with Crippen LogP contribution in [0.1, 0.15) is 10.4 Å². The number of nitrogen functional groups attached to an aromatic ring is 1. The molecule has 1 amide bonds. The fourth-order valence-electron chi connectivity index (χ4n) is 2.03. The quantitative estimate of drug-likeness (QED) is 0.757. The molecular weight excluding hydrogens is 271 g/mol. The molecule has 0 saturated heterocycles. The topological polar surface area (TPSA) is 80.9 Å². The lowest BCUT2D eigenvalue weighted by atomic mass is 10.1. The van der Waals surface area contributed by atoms with Crippen LogP contribution < -0.4 is 11.1 Å². The van der Waals surface area contributed by atoms with E-state index in [0.717, 1.165) is 17.6 Å². The Morgan fingerprint density at radius 2 is 2.00 bits per heavy atom. The summed E-state index contributed by atoms with van der Waals surface area (Å²) in [5.41, 5.74) is 6.77. The lowest BCUT2D eigenvalue weighted by molar-refractivity contribution is 0.102. The number of nitrogens with two attached hydrogens (primary N) is 1. The second-order valence-corrected chi connectivity index (χ2v) is 4.42. The number of nitrogens with zero attached hydrogens (tertiary/aromatic N) is 2. The summed E-state index contributed by atoms with van der Waals surface area (Å²) >= 11 is 0. The van der Waals surface area contributed by atoms with Crippen molar-refractivity contribution in [3.63, 3.8) is 0 Å². The van der Waals surface area contributed by atoms with Gasteiger partial charge in [0.05, 0.1) is 23.0 Å². The fraction of sp³-hybridized carbons (Fsp3) is 0. The third kappa shape index (κ3) is 2.51. The van der Waals surface area contributed by atoms with Crippen LogP contribution in [0.5, 0.6) is 0 Å². The number of carbonyl (C=O) groups is 1. The number of aromatic nitrogens is 2. The van der Waals surface area contributed by atoms with Crippen molar-refractivity contribution in [3.05, 3.63) is 60.2 Å². The number of rotatable bonds is 2. The number of para-hydroxylation sites is 1. The molecule has 0 saturated carbocycles. The van der Waals surface area contributed by atoms with Crippen LogP contribution in [0.15, 0.2) is 48.8 Å². The van der Waals surface area contributed by atoms with E-state index in [1.165, 1.54) is 0 Å². The minimum absolute atomic E-state index is 0.0112. The summed E-state index contributed by atoms with van der Waals surface area (Å²) in [7, 11) is 0. The zero-order valence-electron chi connectivity index (χ0n) is 10.9. The number of amides is 1. The minimum Gasteiger partial charge on any atom is -0.383 e. The number of nitrogens with one attached hydrogen (secondary N) is 1. The average molecular weight is 282 g/mol. The van der Waals surface area contributed by atoms with Gasteiger partial charge < -0.3 is 11.1 Å². The normalized spacial score (nSPS) is 10.5. The van der Waals surface area contributed by atoms with Gasteiger partial charge in [0, 0.05) is 11.6 Å². The first-order valence-electron chi connectivity index (χ1n) is 6.21. The SMILES string of the molecule is Nc1ncc(F)cc1C(=O)Nc1cccc2cccnc12. The van der Waals surface area contributed by atoms with Crippen LogP contribution in [0.3, 0.4) is 0 Å². The number of anilines is 2. The molecule has 21 heavy (non-hydrogen) atoms. The summed E-state index contributed by atoms with van der Waals surface area (Å²) in [6.45, 7) is 0. The molecule has 0 unspecified atom stereocenters. The Bertz CT molecular complexity index is 830. The molecule has 2 heterocycles. The van der Waals surface area contributed by atoms with Crippen LogP contribution in [0.4, 0.5) is 15.9 Å². The van der Waals surface area contributed by atoms with Gasteiger partial charge in [-0.05, 0) is 18.2 Å². The van der Waals surface area contributed by atoms with Crippen molar-refractivity contribution in [1.29, 1.82) is 0 Å². The molecule has 0 fully saturated rings. The largest absolute Gasteiger partial charge is 0.383 e. The monoisotopic (exact) mass is 282 g/mol. The molecule has 1 aromatic carbocycles. The molecule has 2 aromatic heterocycles. The van der Waals surface area contributed by atoms with Crippen LogP contribution in [-0.2, 0) is 0 Å². The third-order valence-corrected chi connectivity index (χ3v) is 3.01. The van der Waals surface area contributed by atoms with Gasteiger partial charge >= 0.3 is 0 Å². The maximum atomic E-state index is 13.2. The van der Waals surface area contributed by atoms with Crippen molar-refractivity contribution in [3.8, 4) is 0 Å². The number of halogens is 1. The molecule has 0 aliphatic carbocycles. The zero-order chi connectivity index (χ0) is 14.8. The molecule has 0 atom stereocenters. The molecule has 3 N–H and O–H groups in total. The van der Waals surface area contributed by atoms with Crippen molar-refractivity contribution in [1.82, 2.24) is 9.97 Å². The lowest BCUT2D eigenvalue weighted by Crippen LogP contribution is -2.15. The van der Waals surface area contributed by atoms with E-state index in [9.17, 15) is 9.18 Å². The predicted octanol–water partition coefficient (Wildman–Crippen LogP) is 2.60. The van der Waals surface area contributed by atoms with E-state index in [1.54, 1.807) is 18.3 Å². The van der Waals surface area contributed by atoms with Gasteiger partial charge in [0.15, 0.2) is 0 Å². The van der Waals surface area contributed by atoms with Gasteiger partial charge in [0.2, 0.25) is 0 Å². The van der Waals surface area contributed by atoms with Crippen LogP contribution in [0, 0.1) is 5.82 Å². The third-order valence-electron chi connectivity index (χ3n) is 3.01. The highest BCUT2D eigenvalue weighted by molar-refractivity contribution is 6.10. The van der Waals surface area contributed by atoms with Crippen molar-refractivity contribution in [2.45, 2.75) is 0 Å². The van der Waals surface area contributed by atoms with Gasteiger partial charge in [-0.15, -0.1) is 0 Å². The van der Waals surface area contributed by atoms with Gasteiger partial charge in [-0.25, -0.2) is 9.37 Å². The van der Waals surface area contributed by atoms with E-state index < -0.39 is 11.7 Å². The number of hydrogen-bond acceptors (Lipinski definition) is 4. The van der Waals surface area contributed by atoms with Gasteiger partial charge in [-0.1, -0.05) is 18.2 Å². The van der Waals surface area contributed by atoms with Crippen LogP contribution in [0.25, 0.3) is 10.9 Å². The van der Waals surface area contributed by atoms with Crippen molar-refractivity contribution in [2.75, 3.05) is 11.1 Å². The van der Waals surface area contributed by atoms with E-state index in [-0.39, 0.29) is 11.4 Å². The van der Waals surface area contributed by atoms with Gasteiger partial charge in [-0.3, -0.25) is 9.78 Å². The van der Waals surface area contributed by atoms with Crippen LogP contribution in [0.2, 0.25) is 0 Å². The molecule has 3 rings (SSSR count). The average Bonchev–Trinajstić information content (AvgIpc) is 2.50. The molecule has 3 aromatic rings. The molecule has 0 aliphatic rings. The summed E-state index contributed by atoms with van der Waals surface area (Å²) in [5, 5.41) is 3.57. The Balaban J connectivity index is 1.99. The van der Waals surface area contributed by atoms with E-state index in [1.807, 2.05) is 18.2 Å². The first-order chi connectivity index (χ1) is 10.1. The smallest absolute Gasteiger partial charge is 0.259 e. The van der Waals surface area contributed by atoms with Crippen molar-refractivity contribution >= 4 is 28.3 Å². The summed E-state index contributed by atoms with van der Waals surface area (Å²) in [6.07, 6.45) is 2.60. The number of pyridine rings is 2. The number of carbonyl (C=O) groups excluding carboxylic acids is 1. The standard InChI is InChI=1S/C15H11FN4O/c16-10-7-11(14(17)19-8-10)15(21)20-12-5-1-3-9-4-2-6-18-13(9)12/h1-8H,(H2,17,19)(H,20,21). The van der Waals surface area contributed by atoms with E-state index in [2.05, 4.69) is 15.3 Å². The summed E-state index contributed by atoms with van der Waals surface area (Å²) < 4.78 is 13.2. The first kappa shape index (κ1) is 13.0. The number of fused-ring (bicyclic) bond motifs is 1. The Kier molecular flexibility index (Phi) is 3.19. The molecule has 6 heteroatoms. The second kappa shape index (κ2) is 5.16. The van der Waals surface area contributed by atoms with E-state index in [4.69, 9.17) is 5.73 Å². The summed E-state index contributed by atoms with van der Waals surface area (Å²) in [6, 6.07) is 10.1. The van der Waals surface area contributed by atoms with Crippen molar-refractivity contribution in [2.24, 2.45) is 0 Å². The predicted molar refractivity (Wildman–Crippen MR) is 78.3 cm³/mol. The molecule has 5 nitrogen and oxygen atoms in total. The molecular formula is C15H11FN4O. The van der Waals surface area contributed by atoms with E-state index >= 15 is 0 Å². The molecule has 104 valence electrons. The minimum atomic E-state index is -0.620. The highest BCUT2D eigenvalue weighted by atomic mass is 19.1. The Morgan fingerprint density at radius 3 is 2.86 bits per heavy atom. The maximum Gasteiger partial charge on any atom is 0.259 e. The first-order valence-corrected chi connectivity index (χ1v) is 6.21. The maximum absolute atomic E-state index is 13.2. The molecule has 0 aliphatic heterocycles. The summed E-state index contributed by atoms with van der Waals surface area (Å²) in [4.78, 5) is 20.1. The van der Waals surface area contributed by atoms with Crippen LogP contribution in [-0.4, -0.2) is 15.9 Å². The van der Waals surface area contributed by atoms with Crippen LogP contribution >= 0.6 is 0 Å². The highest BCUT2D eigenvalue weighted by Gasteiger charge is 2.13. The molecule has 0 spiro atoms. The Morgan fingerprint density at radius 1 is 1.19 bits per heavy atom. The lowest BCUT2D eigenvalue weighted by Gasteiger charge is -2.09. The van der Waals surface area contributed by atoms with Gasteiger partial charge in [0.25, 0.3) is 5.91 Å². The Labute approximate surface area is 119 Å². The molecule has 0 radical (unpaired) electrons. The fourth-order valence-corrected chi connectivity index (χ4v) is 2.03. The number of benzene rings is 1. The van der Waals surface area contributed by atoms with Crippen molar-refractivity contribution < 1.29 is 9.18 Å². The number of hydrogen-bond donors (Lipinski definition) is 2. The Hall–Kier alpha value is -3.02. The van der Waals surface area contributed by atoms with E-state index in [0.29, 0.717) is 11.2 Å². The second-order valence-electron chi connectivity index (χ2n) is 4.42. The van der Waals surface area contributed by atoms with Gasteiger partial charge in [-0.2, -0.15) is 0 Å². The summed E-state index contributed by atoms with van der Waals surface area (Å²) in [5.74, 6) is -1.18.